The molecule has 2 heterocycles. The summed E-state index contributed by atoms with van der Waals surface area (Å²) >= 11 is 0. The number of nitrogens with zero attached hydrogens (tertiary/aromatic N) is 1. The van der Waals surface area contributed by atoms with Gasteiger partial charge in [-0.3, -0.25) is 14.5 Å². The van der Waals surface area contributed by atoms with Crippen molar-refractivity contribution in [2.75, 3.05) is 4.90 Å². The number of anilines is 1. The summed E-state index contributed by atoms with van der Waals surface area (Å²) in [4.78, 5) is 40.4. The summed E-state index contributed by atoms with van der Waals surface area (Å²) < 4.78 is 6.09. The fourth-order valence-corrected chi connectivity index (χ4v) is 5.02. The fourth-order valence-electron chi connectivity index (χ4n) is 5.02. The molecule has 1 unspecified atom stereocenters. The van der Waals surface area contributed by atoms with E-state index in [0.29, 0.717) is 51.9 Å². The number of hydrogen-bond donors (Lipinski definition) is 1. The Morgan fingerprint density at radius 3 is 2.36 bits per heavy atom. The molecule has 0 aromatic heterocycles. The number of carbonyl (C=O) groups is 3. The molecule has 2 aliphatic rings. The Morgan fingerprint density at radius 1 is 0.972 bits per heavy atom. The summed E-state index contributed by atoms with van der Waals surface area (Å²) in [7, 11) is 0. The smallest absolute Gasteiger partial charge is 0.342 e. The second-order valence-corrected chi connectivity index (χ2v) is 9.34. The minimum Gasteiger partial charge on any atom is -0.508 e. The Morgan fingerprint density at radius 2 is 1.69 bits per heavy atom. The van der Waals surface area contributed by atoms with Gasteiger partial charge in [-0.1, -0.05) is 56.3 Å². The number of fused-ring (bicyclic) bond motifs is 3. The average molecular weight is 480 g/mol. The third kappa shape index (κ3) is 3.71. The van der Waals surface area contributed by atoms with Gasteiger partial charge in [-0.2, -0.15) is 0 Å². The largest absolute Gasteiger partial charge is 0.508 e. The van der Waals surface area contributed by atoms with Gasteiger partial charge >= 0.3 is 5.97 Å². The summed E-state index contributed by atoms with van der Waals surface area (Å²) in [5.74, 6) is -0.724. The van der Waals surface area contributed by atoms with E-state index in [-0.39, 0.29) is 17.5 Å². The molecule has 0 saturated heterocycles. The fraction of sp³-hybridized carbons (Fsp3) is 0.167. The molecule has 36 heavy (non-hydrogen) atoms. The van der Waals surface area contributed by atoms with Crippen LogP contribution >= 0.6 is 0 Å². The maximum Gasteiger partial charge on any atom is 0.342 e. The summed E-state index contributed by atoms with van der Waals surface area (Å²) in [5.41, 5.74) is 2.46. The van der Waals surface area contributed by atoms with Gasteiger partial charge in [0.1, 0.15) is 12.0 Å². The zero-order valence-electron chi connectivity index (χ0n) is 20.0. The molecule has 0 amide bonds. The number of benzene rings is 3. The number of Topliss-reactive ketones (excluding diaryl/α,β-unsaturated/α-hetero) is 1. The molecule has 0 bridgehead atoms. The van der Waals surface area contributed by atoms with Gasteiger partial charge in [-0.15, -0.1) is 0 Å². The lowest BCUT2D eigenvalue weighted by atomic mass is 9.90. The number of allylic oxidation sites excluding steroid dienone is 1. The van der Waals surface area contributed by atoms with Crippen LogP contribution in [0.15, 0.2) is 78.9 Å². The molecule has 5 rings (SSSR count). The molecule has 0 fully saturated rings. The lowest BCUT2D eigenvalue weighted by molar-refractivity contribution is -0.132. The first-order valence-electron chi connectivity index (χ1n) is 11.8. The van der Waals surface area contributed by atoms with Gasteiger partial charge in [0.25, 0.3) is 5.72 Å². The van der Waals surface area contributed by atoms with Crippen molar-refractivity contribution in [3.05, 3.63) is 101 Å². The summed E-state index contributed by atoms with van der Waals surface area (Å²) in [6.45, 7) is 3.97. The molecule has 3 aromatic carbocycles. The van der Waals surface area contributed by atoms with Crippen LogP contribution in [0.25, 0.3) is 17.3 Å². The van der Waals surface area contributed by atoms with Gasteiger partial charge in [-0.05, 0) is 65.1 Å². The number of ketones is 1. The van der Waals surface area contributed by atoms with Crippen LogP contribution < -0.4 is 4.90 Å². The summed E-state index contributed by atoms with van der Waals surface area (Å²) in [6, 6.07) is 21.2. The van der Waals surface area contributed by atoms with Crippen LogP contribution in [0.5, 0.6) is 5.75 Å². The molecule has 0 spiro atoms. The molecule has 1 atom stereocenters. The van der Waals surface area contributed by atoms with Crippen molar-refractivity contribution in [2.45, 2.75) is 26.0 Å². The van der Waals surface area contributed by atoms with E-state index in [0.717, 1.165) is 0 Å². The van der Waals surface area contributed by atoms with Gasteiger partial charge < -0.3 is 9.84 Å². The van der Waals surface area contributed by atoms with Crippen LogP contribution in [0.3, 0.4) is 0 Å². The van der Waals surface area contributed by atoms with Crippen molar-refractivity contribution in [1.82, 2.24) is 0 Å². The minimum absolute atomic E-state index is 0.0387. The predicted molar refractivity (Wildman–Crippen MR) is 138 cm³/mol. The molecule has 6 nitrogen and oxygen atoms in total. The molecule has 3 aromatic rings. The monoisotopic (exact) mass is 479 g/mol. The maximum absolute atomic E-state index is 14.3. The molecule has 0 saturated carbocycles. The lowest BCUT2D eigenvalue weighted by Gasteiger charge is -2.44. The Balaban J connectivity index is 1.83. The quantitative estimate of drug-likeness (QED) is 0.287. The standard InChI is InChI=1S/C30H25NO5/c1-19(2)18-30-28(34)26(21-8-4-3-5-9-21)27(22-11-13-23(33)14-12-22)31(30)25-15-10-20(7-6-16-32)17-24(25)29(35)36-30/h3-17,19,33H,18H2,1-2H3/b7-6+. The van der Waals surface area contributed by atoms with Gasteiger partial charge in [0.05, 0.1) is 22.5 Å². The summed E-state index contributed by atoms with van der Waals surface area (Å²) in [5, 5.41) is 9.93. The highest BCUT2D eigenvalue weighted by Crippen LogP contribution is 2.53. The van der Waals surface area contributed by atoms with E-state index in [9.17, 15) is 19.5 Å². The van der Waals surface area contributed by atoms with E-state index in [4.69, 9.17) is 4.74 Å². The molecule has 2 aliphatic heterocycles. The first kappa shape index (κ1) is 23.3. The van der Waals surface area contributed by atoms with E-state index < -0.39 is 11.7 Å². The predicted octanol–water partition coefficient (Wildman–Crippen LogP) is 5.47. The topological polar surface area (TPSA) is 83.9 Å². The Bertz CT molecular complexity index is 1420. The van der Waals surface area contributed by atoms with Crippen LogP contribution in [0.4, 0.5) is 5.69 Å². The first-order valence-corrected chi connectivity index (χ1v) is 11.8. The number of phenols is 1. The number of aromatic hydroxyl groups is 1. The number of carbonyl (C=O) groups excluding carboxylic acids is 3. The van der Waals surface area contributed by atoms with E-state index in [1.807, 2.05) is 49.1 Å². The second kappa shape index (κ2) is 8.96. The zero-order valence-corrected chi connectivity index (χ0v) is 20.0. The van der Waals surface area contributed by atoms with E-state index >= 15 is 0 Å². The van der Waals surface area contributed by atoms with Gasteiger partial charge in [0.2, 0.25) is 5.78 Å². The lowest BCUT2D eigenvalue weighted by Crippen LogP contribution is -2.56. The number of rotatable bonds is 6. The average Bonchev–Trinajstić information content (AvgIpc) is 3.11. The van der Waals surface area contributed by atoms with Gasteiger partial charge in [-0.25, -0.2) is 4.79 Å². The molecule has 0 radical (unpaired) electrons. The number of esters is 1. The Hall–Kier alpha value is -4.45. The van der Waals surface area contributed by atoms with Crippen molar-refractivity contribution in [3.8, 4) is 5.75 Å². The Labute approximate surface area is 209 Å². The summed E-state index contributed by atoms with van der Waals surface area (Å²) in [6.07, 6.45) is 3.93. The van der Waals surface area contributed by atoms with Crippen LogP contribution in [-0.4, -0.2) is 28.9 Å². The normalized spacial score (nSPS) is 19.0. The molecule has 6 heteroatoms. The first-order chi connectivity index (χ1) is 17.4. The third-order valence-electron chi connectivity index (χ3n) is 6.40. The highest BCUT2D eigenvalue weighted by Gasteiger charge is 2.60. The van der Waals surface area contributed by atoms with Crippen LogP contribution in [-0.2, 0) is 14.3 Å². The van der Waals surface area contributed by atoms with E-state index in [2.05, 4.69) is 0 Å². The molecular weight excluding hydrogens is 454 g/mol. The second-order valence-electron chi connectivity index (χ2n) is 9.34. The van der Waals surface area contributed by atoms with Crippen LogP contribution in [0.2, 0.25) is 0 Å². The number of aldehydes is 1. The van der Waals surface area contributed by atoms with Crippen molar-refractivity contribution < 1.29 is 24.2 Å². The number of ether oxygens (including phenoxy) is 1. The SMILES string of the molecule is CC(C)CC12OC(=O)c3cc(/C=C/C=O)ccc3N1C(c1ccc(O)cc1)=C(c1ccccc1)C2=O. The van der Waals surface area contributed by atoms with Crippen molar-refractivity contribution in [2.24, 2.45) is 5.92 Å². The van der Waals surface area contributed by atoms with Crippen LogP contribution in [0, 0.1) is 5.92 Å². The number of phenolic OH excluding ortho intramolecular Hbond substituents is 1. The molecule has 1 N–H and O–H groups in total. The molecular formula is C30H25NO5. The van der Waals surface area contributed by atoms with Crippen LogP contribution in [0.1, 0.15) is 47.3 Å². The van der Waals surface area contributed by atoms with Gasteiger partial charge in [0.15, 0.2) is 0 Å². The third-order valence-corrected chi connectivity index (χ3v) is 6.40. The van der Waals surface area contributed by atoms with E-state index in [1.165, 1.54) is 6.08 Å². The van der Waals surface area contributed by atoms with E-state index in [1.54, 1.807) is 48.5 Å². The molecule has 180 valence electrons. The zero-order chi connectivity index (χ0) is 25.4. The van der Waals surface area contributed by atoms with Gasteiger partial charge in [0, 0.05) is 6.42 Å². The highest BCUT2D eigenvalue weighted by atomic mass is 16.6. The van der Waals surface area contributed by atoms with Crippen molar-refractivity contribution in [3.63, 3.8) is 0 Å². The number of hydrogen-bond acceptors (Lipinski definition) is 6. The Kier molecular flexibility index (Phi) is 5.80. The van der Waals surface area contributed by atoms with Crippen molar-refractivity contribution >= 4 is 41.1 Å². The van der Waals surface area contributed by atoms with Crippen molar-refractivity contribution in [1.29, 1.82) is 0 Å². The molecule has 0 aliphatic carbocycles. The maximum atomic E-state index is 14.3. The highest BCUT2D eigenvalue weighted by molar-refractivity contribution is 6.38. The minimum atomic E-state index is -1.54.